The Kier molecular flexibility index (Phi) is 3.04. The Balaban J connectivity index is 2.47. The topological polar surface area (TPSA) is 26.3 Å². The molecule has 2 nitrogen and oxygen atoms in total. The van der Waals surface area contributed by atoms with Gasteiger partial charge < -0.3 is 4.74 Å². The number of benzene rings is 1. The summed E-state index contributed by atoms with van der Waals surface area (Å²) in [4.78, 5) is 11.5. The van der Waals surface area contributed by atoms with Crippen LogP contribution in [0.4, 0.5) is 4.39 Å². The van der Waals surface area contributed by atoms with Crippen LogP contribution in [0.15, 0.2) is 24.3 Å². The number of esters is 1. The van der Waals surface area contributed by atoms with Crippen molar-refractivity contribution in [2.24, 2.45) is 0 Å². The Morgan fingerprint density at radius 1 is 1.44 bits per heavy atom. The van der Waals surface area contributed by atoms with Crippen LogP contribution in [-0.4, -0.2) is 13.1 Å². The molecule has 0 unspecified atom stereocenters. The van der Waals surface area contributed by atoms with Crippen molar-refractivity contribution in [3.8, 4) is 0 Å². The Hall–Kier alpha value is -1.64. The highest BCUT2D eigenvalue weighted by Crippen LogP contribution is 2.30. The van der Waals surface area contributed by atoms with Crippen molar-refractivity contribution < 1.29 is 13.9 Å². The van der Waals surface area contributed by atoms with E-state index in [0.29, 0.717) is 5.56 Å². The molecule has 0 bridgehead atoms. The van der Waals surface area contributed by atoms with Crippen molar-refractivity contribution in [1.82, 2.24) is 0 Å². The highest BCUT2D eigenvalue weighted by atomic mass is 19.1. The van der Waals surface area contributed by atoms with Gasteiger partial charge in [-0.3, -0.25) is 0 Å². The van der Waals surface area contributed by atoms with Crippen molar-refractivity contribution in [2.75, 3.05) is 7.11 Å². The molecule has 0 aliphatic heterocycles. The predicted octanol–water partition coefficient (Wildman–Crippen LogP) is 3.18. The monoisotopic (exact) mass is 220 g/mol. The van der Waals surface area contributed by atoms with Gasteiger partial charge in [-0.15, -0.1) is 0 Å². The van der Waals surface area contributed by atoms with Crippen molar-refractivity contribution in [2.45, 2.75) is 19.3 Å². The lowest BCUT2D eigenvalue weighted by Crippen LogP contribution is -2.05. The van der Waals surface area contributed by atoms with E-state index in [1.165, 1.54) is 19.2 Å². The molecule has 3 heteroatoms. The van der Waals surface area contributed by atoms with Crippen LogP contribution in [0.2, 0.25) is 0 Å². The number of hydrogen-bond donors (Lipinski definition) is 0. The minimum Gasteiger partial charge on any atom is -0.465 e. The molecule has 0 saturated heterocycles. The normalized spacial score (nSPS) is 14.8. The molecule has 1 aromatic rings. The number of ether oxygens (including phenoxy) is 1. The van der Waals surface area contributed by atoms with Crippen LogP contribution in [-0.2, 0) is 4.74 Å². The largest absolute Gasteiger partial charge is 0.465 e. The van der Waals surface area contributed by atoms with Gasteiger partial charge in [-0.25, -0.2) is 9.18 Å². The number of carbonyl (C=O) groups excluding carboxylic acids is 1. The van der Waals surface area contributed by atoms with Gasteiger partial charge in [0, 0.05) is 0 Å². The number of carbonyl (C=O) groups is 1. The van der Waals surface area contributed by atoms with E-state index < -0.39 is 11.8 Å². The molecule has 1 aliphatic carbocycles. The van der Waals surface area contributed by atoms with Gasteiger partial charge in [0.05, 0.1) is 12.7 Å². The molecule has 16 heavy (non-hydrogen) atoms. The van der Waals surface area contributed by atoms with Crippen LogP contribution >= 0.6 is 0 Å². The molecule has 0 fully saturated rings. The molecule has 1 aromatic carbocycles. The number of methoxy groups -OCH3 is 1. The van der Waals surface area contributed by atoms with Crippen molar-refractivity contribution in [3.63, 3.8) is 0 Å². The molecular weight excluding hydrogens is 207 g/mol. The van der Waals surface area contributed by atoms with Crippen LogP contribution < -0.4 is 0 Å². The maximum atomic E-state index is 13.1. The van der Waals surface area contributed by atoms with E-state index in [1.54, 1.807) is 6.07 Å². The Labute approximate surface area is 93.7 Å². The maximum absolute atomic E-state index is 13.1. The van der Waals surface area contributed by atoms with E-state index in [2.05, 4.69) is 10.8 Å². The van der Waals surface area contributed by atoms with Crippen LogP contribution in [0.5, 0.6) is 0 Å². The van der Waals surface area contributed by atoms with Gasteiger partial charge in [0.1, 0.15) is 5.82 Å². The lowest BCUT2D eigenvalue weighted by molar-refractivity contribution is 0.0600. The maximum Gasteiger partial charge on any atom is 0.338 e. The summed E-state index contributed by atoms with van der Waals surface area (Å²) in [6.45, 7) is 0. The average Bonchev–Trinajstić information content (AvgIpc) is 2.81. The summed E-state index contributed by atoms with van der Waals surface area (Å²) in [5.41, 5.74) is 2.22. The van der Waals surface area contributed by atoms with E-state index in [0.717, 1.165) is 30.4 Å². The fourth-order valence-corrected chi connectivity index (χ4v) is 1.99. The first-order chi connectivity index (χ1) is 7.72. The van der Waals surface area contributed by atoms with Gasteiger partial charge >= 0.3 is 5.97 Å². The van der Waals surface area contributed by atoms with E-state index in [4.69, 9.17) is 0 Å². The van der Waals surface area contributed by atoms with Crippen LogP contribution in [0.3, 0.4) is 0 Å². The molecule has 0 aromatic heterocycles. The summed E-state index contributed by atoms with van der Waals surface area (Å²) >= 11 is 0. The molecule has 0 spiro atoms. The molecule has 84 valence electrons. The Morgan fingerprint density at radius 2 is 2.25 bits per heavy atom. The number of rotatable bonds is 2. The zero-order chi connectivity index (χ0) is 11.5. The van der Waals surface area contributed by atoms with Crippen molar-refractivity contribution >= 4 is 11.5 Å². The highest BCUT2D eigenvalue weighted by Gasteiger charge is 2.17. The zero-order valence-corrected chi connectivity index (χ0v) is 9.13. The second-order valence-corrected chi connectivity index (χ2v) is 3.80. The fraction of sp³-hybridized carbons (Fsp3) is 0.308. The summed E-state index contributed by atoms with van der Waals surface area (Å²) in [7, 11) is 1.31. The van der Waals surface area contributed by atoms with Gasteiger partial charge in [-0.1, -0.05) is 12.1 Å². The highest BCUT2D eigenvalue weighted by molar-refractivity contribution is 5.95. The zero-order valence-electron chi connectivity index (χ0n) is 9.13. The van der Waals surface area contributed by atoms with Crippen LogP contribution in [0, 0.1) is 5.82 Å². The van der Waals surface area contributed by atoms with Crippen LogP contribution in [0.1, 0.15) is 35.2 Å². The van der Waals surface area contributed by atoms with Gasteiger partial charge in [0.2, 0.25) is 0 Å². The molecule has 0 amide bonds. The first-order valence-corrected chi connectivity index (χ1v) is 5.29. The van der Waals surface area contributed by atoms with Crippen LogP contribution in [0.25, 0.3) is 5.57 Å². The molecule has 0 atom stereocenters. The second kappa shape index (κ2) is 4.47. The average molecular weight is 220 g/mol. The molecule has 0 saturated carbocycles. The Morgan fingerprint density at radius 3 is 2.88 bits per heavy atom. The molecule has 0 N–H and O–H groups in total. The third-order valence-corrected chi connectivity index (χ3v) is 2.77. The van der Waals surface area contributed by atoms with Gasteiger partial charge in [-0.05, 0) is 42.5 Å². The SMILES string of the molecule is COC(=O)c1cc(F)ccc1C1=CCCC1. The summed E-state index contributed by atoms with van der Waals surface area (Å²) in [6, 6.07) is 4.26. The van der Waals surface area contributed by atoms with Gasteiger partial charge in [0.25, 0.3) is 0 Å². The molecule has 0 radical (unpaired) electrons. The summed E-state index contributed by atoms with van der Waals surface area (Å²) in [5.74, 6) is -0.898. The second-order valence-electron chi connectivity index (χ2n) is 3.80. The third-order valence-electron chi connectivity index (χ3n) is 2.77. The minimum atomic E-state index is -0.484. The molecule has 2 rings (SSSR count). The van der Waals surface area contributed by atoms with E-state index in [9.17, 15) is 9.18 Å². The molecule has 1 aliphatic rings. The number of halogens is 1. The summed E-state index contributed by atoms with van der Waals surface area (Å²) in [6.07, 6.45) is 5.15. The lowest BCUT2D eigenvalue weighted by atomic mass is 9.99. The van der Waals surface area contributed by atoms with Crippen molar-refractivity contribution in [3.05, 3.63) is 41.2 Å². The van der Waals surface area contributed by atoms with E-state index in [-0.39, 0.29) is 0 Å². The summed E-state index contributed by atoms with van der Waals surface area (Å²) < 4.78 is 17.8. The van der Waals surface area contributed by atoms with Gasteiger partial charge in [-0.2, -0.15) is 0 Å². The first kappa shape index (κ1) is 10.9. The number of allylic oxidation sites excluding steroid dienone is 2. The quantitative estimate of drug-likeness (QED) is 0.715. The molecular formula is C13H13FO2. The molecule has 0 heterocycles. The minimum absolute atomic E-state index is 0.315. The summed E-state index contributed by atoms with van der Waals surface area (Å²) in [5, 5.41) is 0. The van der Waals surface area contributed by atoms with Crippen molar-refractivity contribution in [1.29, 1.82) is 0 Å². The number of hydrogen-bond acceptors (Lipinski definition) is 2. The predicted molar refractivity (Wildman–Crippen MR) is 59.6 cm³/mol. The van der Waals surface area contributed by atoms with Gasteiger partial charge in [0.15, 0.2) is 0 Å². The smallest absolute Gasteiger partial charge is 0.338 e. The standard InChI is InChI=1S/C13H13FO2/c1-16-13(15)12-8-10(14)6-7-11(12)9-4-2-3-5-9/h4,6-8H,2-3,5H2,1H3. The first-order valence-electron chi connectivity index (χ1n) is 5.29. The third kappa shape index (κ3) is 1.98. The van der Waals surface area contributed by atoms with E-state index >= 15 is 0 Å². The fourth-order valence-electron chi connectivity index (χ4n) is 1.99. The Bertz CT molecular complexity index is 449. The lowest BCUT2D eigenvalue weighted by Gasteiger charge is -2.08. The van der Waals surface area contributed by atoms with E-state index in [1.807, 2.05) is 0 Å².